The molecule has 0 aliphatic carbocycles. The number of hydroxylamine groups is 2. The highest BCUT2D eigenvalue weighted by Gasteiger charge is 2.51. The molecule has 1 aromatic carbocycles. The van der Waals surface area contributed by atoms with E-state index in [4.69, 9.17) is 14.3 Å². The van der Waals surface area contributed by atoms with Gasteiger partial charge >= 0.3 is 0 Å². The van der Waals surface area contributed by atoms with E-state index >= 15 is 0 Å². The van der Waals surface area contributed by atoms with Gasteiger partial charge in [0.1, 0.15) is 12.1 Å². The quantitative estimate of drug-likeness (QED) is 0.864. The molecule has 2 heterocycles. The molecular weight excluding hydrogens is 274 g/mol. The van der Waals surface area contributed by atoms with Crippen LogP contribution in [0.2, 0.25) is 0 Å². The fraction of sp³-hybridized carbons (Fsp3) is 0.533. The molecule has 1 N–H and O–H groups in total. The standard InChI is InChI=1S/C15H19NO5/c1-19-15-11-9-20-16(7-10-5-3-2-4-6-10)13(14(11)18)12(8-17)21-15/h2-6,11-13,15,17H,7-9H2,1H3/t11-,12+,13-,15-/m0/s1. The first-order chi connectivity index (χ1) is 10.2. The van der Waals surface area contributed by atoms with Gasteiger partial charge in [-0.2, -0.15) is 5.06 Å². The number of methoxy groups -OCH3 is 1. The van der Waals surface area contributed by atoms with Crippen molar-refractivity contribution in [1.82, 2.24) is 5.06 Å². The Morgan fingerprint density at radius 3 is 2.81 bits per heavy atom. The number of ketones is 1. The molecule has 3 rings (SSSR count). The molecule has 4 atom stereocenters. The summed E-state index contributed by atoms with van der Waals surface area (Å²) in [5, 5.41) is 11.1. The predicted octanol–water partition coefficient (Wildman–Crippen LogP) is 0.351. The third-order valence-electron chi connectivity index (χ3n) is 3.97. The highest BCUT2D eigenvalue weighted by molar-refractivity contribution is 5.88. The van der Waals surface area contributed by atoms with E-state index in [1.165, 1.54) is 7.11 Å². The van der Waals surface area contributed by atoms with Gasteiger partial charge in [-0.25, -0.2) is 0 Å². The summed E-state index contributed by atoms with van der Waals surface area (Å²) in [6.07, 6.45) is -1.28. The largest absolute Gasteiger partial charge is 0.394 e. The maximum Gasteiger partial charge on any atom is 0.169 e. The SMILES string of the molecule is CO[C@H]1O[C@H](CO)[C@H]2C(=O)[C@@H]1CON2Cc1ccccc1. The van der Waals surface area contributed by atoms with Crippen LogP contribution in [0.15, 0.2) is 30.3 Å². The Balaban J connectivity index is 1.80. The number of ether oxygens (including phenoxy) is 2. The number of aliphatic hydroxyl groups is 1. The van der Waals surface area contributed by atoms with Gasteiger partial charge in [0, 0.05) is 7.11 Å². The zero-order valence-corrected chi connectivity index (χ0v) is 11.8. The molecule has 0 unspecified atom stereocenters. The first kappa shape index (κ1) is 14.6. The van der Waals surface area contributed by atoms with Crippen LogP contribution in [0.25, 0.3) is 0 Å². The number of nitrogens with zero attached hydrogens (tertiary/aromatic N) is 1. The molecule has 6 heteroatoms. The Morgan fingerprint density at radius 2 is 2.14 bits per heavy atom. The van der Waals surface area contributed by atoms with Gasteiger partial charge in [-0.3, -0.25) is 9.63 Å². The van der Waals surface area contributed by atoms with Gasteiger partial charge in [0.15, 0.2) is 12.1 Å². The lowest BCUT2D eigenvalue weighted by Gasteiger charge is -2.47. The number of aliphatic hydroxyl groups excluding tert-OH is 1. The van der Waals surface area contributed by atoms with E-state index in [-0.39, 0.29) is 19.0 Å². The summed E-state index contributed by atoms with van der Waals surface area (Å²) in [6.45, 7) is 0.456. The first-order valence-electron chi connectivity index (χ1n) is 7.01. The average Bonchev–Trinajstić information content (AvgIpc) is 2.51. The zero-order chi connectivity index (χ0) is 14.8. The van der Waals surface area contributed by atoms with Crippen LogP contribution in [0.5, 0.6) is 0 Å². The number of benzene rings is 1. The van der Waals surface area contributed by atoms with Crippen LogP contribution >= 0.6 is 0 Å². The molecule has 0 saturated carbocycles. The number of fused-ring (bicyclic) bond motifs is 2. The normalized spacial score (nSPS) is 33.1. The van der Waals surface area contributed by atoms with Gasteiger partial charge in [-0.15, -0.1) is 0 Å². The van der Waals surface area contributed by atoms with Crippen LogP contribution in [0.1, 0.15) is 5.56 Å². The van der Waals surface area contributed by atoms with Gasteiger partial charge in [-0.1, -0.05) is 30.3 Å². The van der Waals surface area contributed by atoms with Crippen LogP contribution in [-0.4, -0.2) is 54.7 Å². The molecule has 1 aromatic rings. The second kappa shape index (κ2) is 6.21. The van der Waals surface area contributed by atoms with E-state index in [2.05, 4.69) is 0 Å². The van der Waals surface area contributed by atoms with Crippen molar-refractivity contribution in [1.29, 1.82) is 0 Å². The van der Waals surface area contributed by atoms with E-state index in [0.717, 1.165) is 5.56 Å². The molecule has 2 aliphatic rings. The van der Waals surface area contributed by atoms with Gasteiger partial charge in [0.05, 0.1) is 25.7 Å². The molecular formula is C15H19NO5. The van der Waals surface area contributed by atoms with Crippen molar-refractivity contribution in [2.24, 2.45) is 5.92 Å². The monoisotopic (exact) mass is 293 g/mol. The Labute approximate surface area is 123 Å². The highest BCUT2D eigenvalue weighted by Crippen LogP contribution is 2.32. The molecule has 0 spiro atoms. The van der Waals surface area contributed by atoms with E-state index < -0.39 is 24.4 Å². The lowest BCUT2D eigenvalue weighted by Crippen LogP contribution is -2.64. The molecule has 114 valence electrons. The zero-order valence-electron chi connectivity index (χ0n) is 11.8. The summed E-state index contributed by atoms with van der Waals surface area (Å²) in [6, 6.07) is 9.15. The molecule has 0 aromatic heterocycles. The lowest BCUT2D eigenvalue weighted by atomic mass is 9.89. The summed E-state index contributed by atoms with van der Waals surface area (Å²) < 4.78 is 10.9. The third-order valence-corrected chi connectivity index (χ3v) is 3.97. The number of hydrogen-bond acceptors (Lipinski definition) is 6. The Hall–Kier alpha value is -1.31. The summed E-state index contributed by atoms with van der Waals surface area (Å²) in [7, 11) is 1.49. The number of hydrogen-bond donors (Lipinski definition) is 1. The van der Waals surface area contributed by atoms with Crippen LogP contribution < -0.4 is 0 Å². The summed E-state index contributed by atoms with van der Waals surface area (Å²) in [5.74, 6) is -0.427. The maximum absolute atomic E-state index is 12.6. The minimum Gasteiger partial charge on any atom is -0.394 e. The Bertz CT molecular complexity index is 494. The smallest absolute Gasteiger partial charge is 0.169 e. The van der Waals surface area contributed by atoms with E-state index in [0.29, 0.717) is 6.54 Å². The van der Waals surface area contributed by atoms with Crippen molar-refractivity contribution < 1.29 is 24.2 Å². The fourth-order valence-electron chi connectivity index (χ4n) is 2.89. The second-order valence-corrected chi connectivity index (χ2v) is 5.27. The van der Waals surface area contributed by atoms with Crippen molar-refractivity contribution in [3.63, 3.8) is 0 Å². The Morgan fingerprint density at radius 1 is 1.38 bits per heavy atom. The number of carbonyl (C=O) groups excluding carboxylic acids is 1. The van der Waals surface area contributed by atoms with Crippen molar-refractivity contribution in [3.8, 4) is 0 Å². The van der Waals surface area contributed by atoms with Crippen molar-refractivity contribution in [3.05, 3.63) is 35.9 Å². The molecule has 6 nitrogen and oxygen atoms in total. The first-order valence-corrected chi connectivity index (χ1v) is 7.01. The summed E-state index contributed by atoms with van der Waals surface area (Å²) in [5.41, 5.74) is 1.04. The second-order valence-electron chi connectivity index (χ2n) is 5.27. The van der Waals surface area contributed by atoms with Gasteiger partial charge in [-0.05, 0) is 5.56 Å². The van der Waals surface area contributed by atoms with Gasteiger partial charge in [0.25, 0.3) is 0 Å². The van der Waals surface area contributed by atoms with E-state index in [9.17, 15) is 9.90 Å². The Kier molecular flexibility index (Phi) is 4.32. The highest BCUT2D eigenvalue weighted by atomic mass is 16.7. The molecule has 2 aliphatic heterocycles. The fourth-order valence-corrected chi connectivity index (χ4v) is 2.89. The average molecular weight is 293 g/mol. The van der Waals surface area contributed by atoms with Crippen LogP contribution in [0.4, 0.5) is 0 Å². The van der Waals surface area contributed by atoms with Crippen LogP contribution in [-0.2, 0) is 25.7 Å². The minimum absolute atomic E-state index is 0.00864. The topological polar surface area (TPSA) is 68.2 Å². The maximum atomic E-state index is 12.6. The number of rotatable bonds is 4. The van der Waals surface area contributed by atoms with Crippen LogP contribution in [0, 0.1) is 5.92 Å². The van der Waals surface area contributed by atoms with Crippen molar-refractivity contribution in [2.45, 2.75) is 25.0 Å². The van der Waals surface area contributed by atoms with Crippen molar-refractivity contribution in [2.75, 3.05) is 20.3 Å². The number of carbonyl (C=O) groups is 1. The lowest BCUT2D eigenvalue weighted by molar-refractivity contribution is -0.313. The molecule has 0 radical (unpaired) electrons. The summed E-state index contributed by atoms with van der Waals surface area (Å²) in [4.78, 5) is 18.3. The molecule has 0 amide bonds. The molecule has 21 heavy (non-hydrogen) atoms. The minimum atomic E-state index is -0.648. The van der Waals surface area contributed by atoms with E-state index in [1.54, 1.807) is 5.06 Å². The summed E-state index contributed by atoms with van der Waals surface area (Å²) >= 11 is 0. The molecule has 2 fully saturated rings. The molecule has 2 bridgehead atoms. The van der Waals surface area contributed by atoms with Gasteiger partial charge in [0.2, 0.25) is 0 Å². The molecule has 2 saturated heterocycles. The predicted molar refractivity (Wildman–Crippen MR) is 73.0 cm³/mol. The van der Waals surface area contributed by atoms with Gasteiger partial charge < -0.3 is 14.6 Å². The van der Waals surface area contributed by atoms with Crippen molar-refractivity contribution >= 4 is 5.78 Å². The van der Waals surface area contributed by atoms with E-state index in [1.807, 2.05) is 30.3 Å². The third kappa shape index (κ3) is 2.73. The number of Topliss-reactive ketones (excluding diaryl/α,β-unsaturated/α-hetero) is 1. The van der Waals surface area contributed by atoms with Crippen LogP contribution in [0.3, 0.4) is 0 Å².